The van der Waals surface area contributed by atoms with Gasteiger partial charge in [0.15, 0.2) is 9.84 Å². The molecule has 0 spiro atoms. The van der Waals surface area contributed by atoms with Gasteiger partial charge in [0.1, 0.15) is 5.25 Å². The minimum atomic E-state index is -3.31. The number of nitrogens with two attached hydrogens (primary N) is 1. The maximum absolute atomic E-state index is 11.2. The molecule has 0 bridgehead atoms. The Labute approximate surface area is 84.3 Å². The Hall–Kier alpha value is -0.880. The summed E-state index contributed by atoms with van der Waals surface area (Å²) in [6, 6.07) is 0. The average molecular weight is 220 g/mol. The molecule has 0 aromatic rings. The van der Waals surface area contributed by atoms with Crippen LogP contribution in [0.4, 0.5) is 0 Å². The number of carbonyl (C=O) groups is 1. The van der Waals surface area contributed by atoms with E-state index in [0.29, 0.717) is 13.1 Å². The summed E-state index contributed by atoms with van der Waals surface area (Å²) in [5.74, 6) is -0.492. The van der Waals surface area contributed by atoms with Crippen molar-refractivity contribution in [2.24, 2.45) is 5.73 Å². The molecule has 0 heterocycles. The molecule has 0 saturated heterocycles. The summed E-state index contributed by atoms with van der Waals surface area (Å²) in [6.45, 7) is 2.06. The molecule has 0 rings (SSSR count). The molecule has 14 heavy (non-hydrogen) atoms. The van der Waals surface area contributed by atoms with Crippen LogP contribution < -0.4 is 11.1 Å². The minimum absolute atomic E-state index is 0.301. The summed E-state index contributed by atoms with van der Waals surface area (Å²) in [4.78, 5) is 11.2. The maximum Gasteiger partial charge on any atom is 0.238 e. The number of sulfone groups is 1. The van der Waals surface area contributed by atoms with Gasteiger partial charge in [0.05, 0.1) is 0 Å². The van der Waals surface area contributed by atoms with Crippen molar-refractivity contribution in [1.29, 1.82) is 0 Å². The van der Waals surface area contributed by atoms with Gasteiger partial charge < -0.3 is 11.1 Å². The lowest BCUT2D eigenvalue weighted by Crippen LogP contribution is -2.37. The van der Waals surface area contributed by atoms with E-state index in [4.69, 9.17) is 5.73 Å². The number of amides is 1. The largest absolute Gasteiger partial charge is 0.352 e. The van der Waals surface area contributed by atoms with Crippen LogP contribution in [0.1, 0.15) is 6.92 Å². The fraction of sp³-hybridized carbons (Fsp3) is 0.625. The predicted octanol–water partition coefficient (Wildman–Crippen LogP) is -0.949. The van der Waals surface area contributed by atoms with Crippen LogP contribution in [0.5, 0.6) is 0 Å². The third kappa shape index (κ3) is 4.98. The molecule has 0 aromatic heterocycles. The number of hydrogen-bond donors (Lipinski definition) is 2. The van der Waals surface area contributed by atoms with Crippen LogP contribution in [-0.2, 0) is 14.6 Å². The van der Waals surface area contributed by atoms with Crippen molar-refractivity contribution in [3.63, 3.8) is 0 Å². The van der Waals surface area contributed by atoms with Crippen molar-refractivity contribution in [1.82, 2.24) is 5.32 Å². The molecule has 0 aliphatic heterocycles. The monoisotopic (exact) mass is 220 g/mol. The van der Waals surface area contributed by atoms with Gasteiger partial charge >= 0.3 is 0 Å². The van der Waals surface area contributed by atoms with Crippen LogP contribution in [0.3, 0.4) is 0 Å². The van der Waals surface area contributed by atoms with Crippen LogP contribution in [0.25, 0.3) is 0 Å². The Bertz CT molecular complexity index is 309. The van der Waals surface area contributed by atoms with E-state index in [2.05, 4.69) is 5.32 Å². The lowest BCUT2D eigenvalue weighted by Gasteiger charge is -2.08. The van der Waals surface area contributed by atoms with Gasteiger partial charge in [0, 0.05) is 19.3 Å². The first-order chi connectivity index (χ1) is 6.39. The summed E-state index contributed by atoms with van der Waals surface area (Å²) in [7, 11) is -3.31. The molecule has 1 amide bonds. The fourth-order valence-electron chi connectivity index (χ4n) is 0.677. The second-order valence-corrected chi connectivity index (χ2v) is 5.29. The highest BCUT2D eigenvalue weighted by atomic mass is 32.2. The summed E-state index contributed by atoms with van der Waals surface area (Å²) in [5.41, 5.74) is 5.18. The minimum Gasteiger partial charge on any atom is -0.352 e. The van der Waals surface area contributed by atoms with Gasteiger partial charge in [0.2, 0.25) is 5.91 Å². The Kier molecular flexibility index (Phi) is 5.40. The summed E-state index contributed by atoms with van der Waals surface area (Å²) >= 11 is 0. The maximum atomic E-state index is 11.2. The highest BCUT2D eigenvalue weighted by molar-refractivity contribution is 7.92. The number of hydrogen-bond acceptors (Lipinski definition) is 4. The van der Waals surface area contributed by atoms with Gasteiger partial charge in [-0.25, -0.2) is 8.42 Å². The van der Waals surface area contributed by atoms with Crippen molar-refractivity contribution in [3.8, 4) is 0 Å². The Balaban J connectivity index is 4.04. The zero-order valence-corrected chi connectivity index (χ0v) is 9.17. The molecule has 0 saturated carbocycles. The Morgan fingerprint density at radius 2 is 2.07 bits per heavy atom. The molecule has 1 unspecified atom stereocenters. The van der Waals surface area contributed by atoms with Crippen LogP contribution >= 0.6 is 0 Å². The zero-order valence-electron chi connectivity index (χ0n) is 8.36. The summed E-state index contributed by atoms with van der Waals surface area (Å²) < 4.78 is 21.9. The SMILES string of the molecule is CC(C(=O)NC/C=C/CN)S(C)(=O)=O. The first kappa shape index (κ1) is 13.1. The highest BCUT2D eigenvalue weighted by Gasteiger charge is 2.22. The van der Waals surface area contributed by atoms with E-state index in [-0.39, 0.29) is 0 Å². The third-order valence-electron chi connectivity index (χ3n) is 1.71. The molecule has 0 fully saturated rings. The lowest BCUT2D eigenvalue weighted by molar-refractivity contribution is -0.120. The second kappa shape index (κ2) is 5.77. The van der Waals surface area contributed by atoms with Crippen LogP contribution in [0, 0.1) is 0 Å². The molecular formula is C8H16N2O3S. The van der Waals surface area contributed by atoms with E-state index in [0.717, 1.165) is 6.26 Å². The normalized spacial score (nSPS) is 14.2. The smallest absolute Gasteiger partial charge is 0.238 e. The molecular weight excluding hydrogens is 204 g/mol. The van der Waals surface area contributed by atoms with E-state index < -0.39 is 21.0 Å². The number of carbonyl (C=O) groups excluding carboxylic acids is 1. The van der Waals surface area contributed by atoms with Crippen LogP contribution in [0.15, 0.2) is 12.2 Å². The topological polar surface area (TPSA) is 89.3 Å². The molecule has 0 aliphatic carbocycles. The Morgan fingerprint density at radius 3 is 2.50 bits per heavy atom. The van der Waals surface area contributed by atoms with E-state index in [1.165, 1.54) is 6.92 Å². The average Bonchev–Trinajstić information content (AvgIpc) is 2.09. The molecule has 6 heteroatoms. The third-order valence-corrected chi connectivity index (χ3v) is 3.21. The fourth-order valence-corrected chi connectivity index (χ4v) is 1.15. The first-order valence-corrected chi connectivity index (χ1v) is 6.16. The first-order valence-electron chi connectivity index (χ1n) is 4.21. The van der Waals surface area contributed by atoms with Gasteiger partial charge in [-0.15, -0.1) is 0 Å². The molecule has 5 nitrogen and oxygen atoms in total. The molecule has 0 aliphatic rings. The van der Waals surface area contributed by atoms with Crippen molar-refractivity contribution in [3.05, 3.63) is 12.2 Å². The summed E-state index contributed by atoms with van der Waals surface area (Å²) in [6.07, 6.45) is 4.39. The second-order valence-electron chi connectivity index (χ2n) is 2.92. The van der Waals surface area contributed by atoms with Crippen molar-refractivity contribution in [2.45, 2.75) is 12.2 Å². The standard InChI is InChI=1S/C8H16N2O3S/c1-7(14(2,12)13)8(11)10-6-4-3-5-9/h3-4,7H,5-6,9H2,1-2H3,(H,10,11)/b4-3+. The quantitative estimate of drug-likeness (QED) is 0.585. The van der Waals surface area contributed by atoms with Crippen LogP contribution in [0.2, 0.25) is 0 Å². The van der Waals surface area contributed by atoms with Crippen molar-refractivity contribution < 1.29 is 13.2 Å². The predicted molar refractivity (Wildman–Crippen MR) is 55.5 cm³/mol. The van der Waals surface area contributed by atoms with E-state index in [1.807, 2.05) is 0 Å². The lowest BCUT2D eigenvalue weighted by atomic mass is 10.4. The zero-order chi connectivity index (χ0) is 11.2. The highest BCUT2D eigenvalue weighted by Crippen LogP contribution is 1.96. The molecule has 3 N–H and O–H groups in total. The summed E-state index contributed by atoms with van der Waals surface area (Å²) in [5, 5.41) is 1.46. The van der Waals surface area contributed by atoms with E-state index in [9.17, 15) is 13.2 Å². The molecule has 82 valence electrons. The molecule has 0 radical (unpaired) electrons. The van der Waals surface area contributed by atoms with Gasteiger partial charge in [-0.3, -0.25) is 4.79 Å². The van der Waals surface area contributed by atoms with E-state index >= 15 is 0 Å². The van der Waals surface area contributed by atoms with Crippen LogP contribution in [-0.4, -0.2) is 38.9 Å². The Morgan fingerprint density at radius 1 is 1.50 bits per heavy atom. The number of rotatable bonds is 5. The van der Waals surface area contributed by atoms with Crippen molar-refractivity contribution >= 4 is 15.7 Å². The van der Waals surface area contributed by atoms with Gasteiger partial charge in [0.25, 0.3) is 0 Å². The van der Waals surface area contributed by atoms with Gasteiger partial charge in [-0.2, -0.15) is 0 Å². The number of nitrogens with one attached hydrogen (secondary N) is 1. The van der Waals surface area contributed by atoms with Gasteiger partial charge in [-0.1, -0.05) is 12.2 Å². The van der Waals surface area contributed by atoms with Gasteiger partial charge in [-0.05, 0) is 6.92 Å². The molecule has 0 aromatic carbocycles. The van der Waals surface area contributed by atoms with Crippen molar-refractivity contribution in [2.75, 3.05) is 19.3 Å². The van der Waals surface area contributed by atoms with E-state index in [1.54, 1.807) is 12.2 Å². The molecule has 1 atom stereocenters.